The molecule has 0 radical (unpaired) electrons. The zero-order valence-corrected chi connectivity index (χ0v) is 51.6. The van der Waals surface area contributed by atoms with E-state index >= 15 is 0 Å². The predicted molar refractivity (Wildman–Crippen MR) is 359 cm³/mol. The predicted octanol–water partition coefficient (Wildman–Crippen LogP) is 14.0. The molecule has 0 unspecified atom stereocenters. The summed E-state index contributed by atoms with van der Waals surface area (Å²) < 4.78 is 56.9. The molecule has 18 nitrogen and oxygen atoms in total. The quantitative estimate of drug-likeness (QED) is 0.0424. The van der Waals surface area contributed by atoms with Crippen molar-refractivity contribution >= 4 is 139 Å². The number of amides is 4. The van der Waals surface area contributed by atoms with Gasteiger partial charge < -0.3 is 21.3 Å². The topological polar surface area (TPSA) is 257 Å². The van der Waals surface area contributed by atoms with Gasteiger partial charge in [-0.25, -0.2) is 17.6 Å². The number of nitrogens with zero attached hydrogens (tertiary/aromatic N) is 6. The van der Waals surface area contributed by atoms with Gasteiger partial charge in [0.1, 0.15) is 22.1 Å². The summed E-state index contributed by atoms with van der Waals surface area (Å²) in [5.41, 5.74) is 7.64. The summed E-state index contributed by atoms with van der Waals surface area (Å²) in [6.07, 6.45) is 27.9. The van der Waals surface area contributed by atoms with Crippen LogP contribution < -0.4 is 21.3 Å². The first-order chi connectivity index (χ1) is 45.8. The van der Waals surface area contributed by atoms with E-state index in [0.29, 0.717) is 66.6 Å². The van der Waals surface area contributed by atoms with Crippen molar-refractivity contribution in [2.24, 2.45) is 0 Å². The number of benzene rings is 4. The Kier molecular flexibility index (Phi) is 18.3. The zero-order chi connectivity index (χ0) is 64.7. The van der Waals surface area contributed by atoms with Crippen molar-refractivity contribution in [1.82, 2.24) is 72.0 Å². The van der Waals surface area contributed by atoms with Gasteiger partial charge in [0.05, 0.1) is 28.5 Å². The summed E-state index contributed by atoms with van der Waals surface area (Å²) in [4.78, 5) is 58.0. The van der Waals surface area contributed by atoms with E-state index in [1.165, 1.54) is 24.3 Å². The third-order valence-electron chi connectivity index (χ3n) is 15.4. The van der Waals surface area contributed by atoms with Crippen LogP contribution >= 0.6 is 22.7 Å². The Balaban J connectivity index is 0.000000114. The molecule has 472 valence electrons. The number of nitrogens with one attached hydrogen (secondary N) is 8. The molecule has 0 saturated heterocycles. The normalized spacial score (nSPS) is 14.5. The lowest BCUT2D eigenvalue weighted by Gasteiger charge is -2.04. The van der Waals surface area contributed by atoms with E-state index in [4.69, 9.17) is 0 Å². The zero-order valence-electron chi connectivity index (χ0n) is 49.9. The molecule has 8 N–H and O–H groups in total. The van der Waals surface area contributed by atoms with E-state index in [-0.39, 0.29) is 69.9 Å². The van der Waals surface area contributed by atoms with Crippen LogP contribution in [-0.4, -0.2) is 98.6 Å². The minimum absolute atomic E-state index is 0.221. The lowest BCUT2D eigenvalue weighted by atomic mass is 10.1. The summed E-state index contributed by atoms with van der Waals surface area (Å²) in [5.74, 6) is -2.97. The van der Waals surface area contributed by atoms with Gasteiger partial charge in [-0.2, -0.15) is 31.7 Å². The van der Waals surface area contributed by atoms with Crippen LogP contribution in [0.25, 0.3) is 92.2 Å². The number of rotatable bonds is 16. The fraction of sp³-hybridized carbons (Fsp3) is 0.171. The van der Waals surface area contributed by atoms with Crippen molar-refractivity contribution in [3.63, 3.8) is 0 Å². The lowest BCUT2D eigenvalue weighted by Crippen LogP contribution is -2.25. The standard InChI is InChI=1S/2C18H15FN4O.2C17H14FN3OS/c19-15-9-12(18(24)21-13-4-5-13)8-14-16(22-23-17(14)15)6-3-11-2-1-7-20-10-11;19-15-10-11(18(24)21-13-4-5-13)9-14-16(22-23-17(14)15)7-6-12-3-1-2-8-20-12;18-14-8-11(17(22)19-12-2-3-12)7-13-15(20-21-16(13)14)4-1-10-5-6-23-9-10;18-14-9-10(17(22)19-11-3-4-11)8-13-15(20-21-16(13)14)6-5-12-2-1-7-23-12/h2*1-3,6-10,13H,4-5H2,(H,21,24)(H,22,23);1,4-9,12H,2-3H2,(H,19,22)(H,20,21);1-2,5-9,11H,3-4H2,(H,19,22)(H,20,21)/b6-3+;7-6+;4-1+;6-5+. The van der Waals surface area contributed by atoms with Gasteiger partial charge in [-0.3, -0.25) is 49.5 Å². The number of H-pyrrole nitrogens is 4. The molecular formula is C70H58F4N14O4S2. The van der Waals surface area contributed by atoms with Gasteiger partial charge in [-0.15, -0.1) is 11.3 Å². The van der Waals surface area contributed by atoms with E-state index in [1.54, 1.807) is 77.7 Å². The van der Waals surface area contributed by atoms with Crippen LogP contribution in [0.15, 0.2) is 132 Å². The molecule has 4 aliphatic rings. The fourth-order valence-electron chi connectivity index (χ4n) is 9.79. The number of aromatic amines is 4. The highest BCUT2D eigenvalue weighted by Crippen LogP contribution is 2.30. The molecule has 16 rings (SSSR count). The number of carbonyl (C=O) groups is 4. The van der Waals surface area contributed by atoms with Gasteiger partial charge in [0.15, 0.2) is 23.3 Å². The van der Waals surface area contributed by atoms with Crippen molar-refractivity contribution in [2.45, 2.75) is 75.5 Å². The number of hydrogen-bond donors (Lipinski definition) is 8. The lowest BCUT2D eigenvalue weighted by molar-refractivity contribution is 0.0942. The molecule has 0 aliphatic heterocycles. The molecule has 24 heteroatoms. The van der Waals surface area contributed by atoms with Crippen molar-refractivity contribution in [2.75, 3.05) is 0 Å². The van der Waals surface area contributed by atoms with Crippen LogP contribution in [0.2, 0.25) is 0 Å². The minimum Gasteiger partial charge on any atom is -0.349 e. The van der Waals surface area contributed by atoms with Gasteiger partial charge in [0, 0.05) is 91.4 Å². The third-order valence-corrected chi connectivity index (χ3v) is 17.0. The first kappa shape index (κ1) is 61.9. The van der Waals surface area contributed by atoms with Gasteiger partial charge in [0.2, 0.25) is 0 Å². The molecule has 0 spiro atoms. The summed E-state index contributed by atoms with van der Waals surface area (Å²) in [6.45, 7) is 0. The Morgan fingerprint density at radius 1 is 0.426 bits per heavy atom. The van der Waals surface area contributed by atoms with Gasteiger partial charge in [-0.05, 0) is 194 Å². The Hall–Kier alpha value is -11.0. The summed E-state index contributed by atoms with van der Waals surface area (Å²) in [7, 11) is 0. The second kappa shape index (κ2) is 27.9. The average Bonchev–Trinajstić information content (AvgIpc) is 1.66. The Morgan fingerprint density at radius 2 is 0.840 bits per heavy atom. The number of hydrogen-bond acceptors (Lipinski definition) is 12. The van der Waals surface area contributed by atoms with Crippen molar-refractivity contribution in [3.05, 3.63) is 222 Å². The molecule has 4 amide bonds. The Bertz CT molecular complexity index is 4570. The molecule has 0 bridgehead atoms. The minimum atomic E-state index is -0.512. The van der Waals surface area contributed by atoms with Gasteiger partial charge in [-0.1, -0.05) is 30.4 Å². The molecule has 12 aromatic rings. The Morgan fingerprint density at radius 3 is 1.19 bits per heavy atom. The Labute approximate surface area is 541 Å². The average molecular weight is 1300 g/mol. The molecule has 8 aromatic heterocycles. The third kappa shape index (κ3) is 15.5. The van der Waals surface area contributed by atoms with Crippen LogP contribution in [0.4, 0.5) is 17.6 Å². The van der Waals surface area contributed by atoms with Crippen LogP contribution in [0, 0.1) is 23.3 Å². The van der Waals surface area contributed by atoms with Crippen molar-refractivity contribution in [3.8, 4) is 0 Å². The smallest absolute Gasteiger partial charge is 0.251 e. The maximum Gasteiger partial charge on any atom is 0.251 e. The molecule has 0 atom stereocenters. The SMILES string of the molecule is O=C(NC1CC1)c1cc(F)c2n[nH]c(/C=C/c3ccccn3)c2c1.O=C(NC1CC1)c1cc(F)c2n[nH]c(/C=C/c3cccnc3)c2c1.O=C(NC1CC1)c1cc(F)c2n[nH]c(/C=C/c3cccs3)c2c1.O=C(NC1CC1)c1cc(F)c2n[nH]c(/C=C/c3ccsc3)c2c1. The molecule has 4 aromatic carbocycles. The maximum absolute atomic E-state index is 14.2. The molecule has 4 saturated carbocycles. The first-order valence-electron chi connectivity index (χ1n) is 30.4. The second-order valence-corrected chi connectivity index (χ2v) is 24.7. The molecule has 4 fully saturated rings. The highest BCUT2D eigenvalue weighted by Gasteiger charge is 2.28. The van der Waals surface area contributed by atoms with Gasteiger partial charge >= 0.3 is 0 Å². The monoisotopic (exact) mass is 1300 g/mol. The van der Waals surface area contributed by atoms with Crippen molar-refractivity contribution in [1.29, 1.82) is 0 Å². The molecule has 94 heavy (non-hydrogen) atoms. The van der Waals surface area contributed by atoms with E-state index in [0.717, 1.165) is 73.1 Å². The second-order valence-electron chi connectivity index (χ2n) is 22.9. The summed E-state index contributed by atoms with van der Waals surface area (Å²) in [5, 5.41) is 47.2. The van der Waals surface area contributed by atoms with Crippen molar-refractivity contribution < 1.29 is 36.7 Å². The number of pyridine rings is 2. The van der Waals surface area contributed by atoms with Gasteiger partial charge in [0.25, 0.3) is 23.6 Å². The summed E-state index contributed by atoms with van der Waals surface area (Å²) >= 11 is 3.23. The molecule has 8 heterocycles. The molecule has 4 aliphatic carbocycles. The van der Waals surface area contributed by atoms with E-state index in [9.17, 15) is 36.7 Å². The molecular weight excluding hydrogens is 1240 g/mol. The number of carbonyl (C=O) groups excluding carboxylic acids is 4. The van der Waals surface area contributed by atoms with E-state index in [2.05, 4.69) is 72.0 Å². The van der Waals surface area contributed by atoms with E-state index in [1.807, 2.05) is 101 Å². The summed E-state index contributed by atoms with van der Waals surface area (Å²) in [6, 6.07) is 27.9. The maximum atomic E-state index is 14.2. The highest BCUT2D eigenvalue weighted by atomic mass is 32.1. The van der Waals surface area contributed by atoms with Crippen LogP contribution in [0.5, 0.6) is 0 Å². The number of halogens is 4. The van der Waals surface area contributed by atoms with Crippen LogP contribution in [0.1, 0.15) is 137 Å². The van der Waals surface area contributed by atoms with Crippen LogP contribution in [-0.2, 0) is 0 Å². The number of thiophene rings is 2. The van der Waals surface area contributed by atoms with E-state index < -0.39 is 23.3 Å². The highest BCUT2D eigenvalue weighted by molar-refractivity contribution is 7.10. The van der Waals surface area contributed by atoms with Crippen LogP contribution in [0.3, 0.4) is 0 Å². The number of fused-ring (bicyclic) bond motifs is 4. The fourth-order valence-corrected chi connectivity index (χ4v) is 11.0. The largest absolute Gasteiger partial charge is 0.349 e. The first-order valence-corrected chi connectivity index (χ1v) is 32.2. The number of aromatic nitrogens is 10.